The van der Waals surface area contributed by atoms with Gasteiger partial charge in [0.15, 0.2) is 11.5 Å². The average Bonchev–Trinajstić information content (AvgIpc) is 3.14. The number of sulfonamides is 1. The van der Waals surface area contributed by atoms with Crippen LogP contribution in [0.3, 0.4) is 0 Å². The number of rotatable bonds is 8. The molecule has 1 atom stereocenters. The van der Waals surface area contributed by atoms with Crippen LogP contribution in [-0.4, -0.2) is 33.9 Å². The second-order valence-electron chi connectivity index (χ2n) is 7.61. The quantitative estimate of drug-likeness (QED) is 0.691. The maximum Gasteiger partial charge on any atom is 0.232 e. The lowest BCUT2D eigenvalue weighted by atomic mass is 10.0. The first kappa shape index (κ1) is 22.0. The van der Waals surface area contributed by atoms with Gasteiger partial charge in [0.1, 0.15) is 0 Å². The molecule has 2 aromatic rings. The highest BCUT2D eigenvalue weighted by molar-refractivity contribution is 7.92. The van der Waals surface area contributed by atoms with Crippen molar-refractivity contribution in [3.63, 3.8) is 0 Å². The van der Waals surface area contributed by atoms with Crippen LogP contribution in [0.4, 0.5) is 5.69 Å². The summed E-state index contributed by atoms with van der Waals surface area (Å²) >= 11 is 0. The molecule has 0 fully saturated rings. The van der Waals surface area contributed by atoms with E-state index < -0.39 is 10.0 Å². The van der Waals surface area contributed by atoms with Crippen LogP contribution in [0.1, 0.15) is 42.5 Å². The molecule has 0 aromatic heterocycles. The molecule has 1 aliphatic rings. The molecule has 1 unspecified atom stereocenters. The zero-order chi connectivity index (χ0) is 21.9. The lowest BCUT2D eigenvalue weighted by Gasteiger charge is -2.23. The van der Waals surface area contributed by atoms with Crippen molar-refractivity contribution in [2.45, 2.75) is 39.7 Å². The Bertz CT molecular complexity index is 1040. The highest BCUT2D eigenvalue weighted by Crippen LogP contribution is 2.36. The van der Waals surface area contributed by atoms with Crippen molar-refractivity contribution in [2.24, 2.45) is 0 Å². The molecule has 0 radical (unpaired) electrons. The molecule has 0 spiro atoms. The lowest BCUT2D eigenvalue weighted by molar-refractivity contribution is -0.121. The highest BCUT2D eigenvalue weighted by atomic mass is 32.2. The second-order valence-corrected chi connectivity index (χ2v) is 9.52. The molecule has 30 heavy (non-hydrogen) atoms. The number of carbonyl (C=O) groups excluding carboxylic acids is 1. The molecule has 0 aliphatic carbocycles. The first-order valence-corrected chi connectivity index (χ1v) is 11.7. The van der Waals surface area contributed by atoms with Gasteiger partial charge in [-0.3, -0.25) is 9.10 Å². The summed E-state index contributed by atoms with van der Waals surface area (Å²) < 4.78 is 36.5. The van der Waals surface area contributed by atoms with Gasteiger partial charge in [0.05, 0.1) is 18.0 Å². The predicted octanol–water partition coefficient (Wildman–Crippen LogP) is 3.46. The molecule has 1 amide bonds. The Morgan fingerprint density at radius 2 is 1.83 bits per heavy atom. The summed E-state index contributed by atoms with van der Waals surface area (Å²) in [6.07, 6.45) is 1.78. The standard InChI is InChI=1S/C22H28N2O5S/c1-15-7-8-18(12-16(15)2)17(3)23-22(25)6-5-11-24(30(4,26)27)19-9-10-20-21(13-19)29-14-28-20/h7-10,12-13,17H,5-6,11,14H2,1-4H3,(H,23,25). The van der Waals surface area contributed by atoms with Crippen molar-refractivity contribution in [2.75, 3.05) is 23.9 Å². The summed E-state index contributed by atoms with van der Waals surface area (Å²) in [5, 5.41) is 2.99. The number of hydrogen-bond donors (Lipinski definition) is 1. The summed E-state index contributed by atoms with van der Waals surface area (Å²) in [6, 6.07) is 11.0. The van der Waals surface area contributed by atoms with Gasteiger partial charge in [-0.15, -0.1) is 0 Å². The largest absolute Gasteiger partial charge is 0.454 e. The molecule has 1 heterocycles. The van der Waals surface area contributed by atoms with E-state index in [2.05, 4.69) is 18.3 Å². The third-order valence-corrected chi connectivity index (χ3v) is 6.41. The molecule has 3 rings (SSSR count). The fourth-order valence-electron chi connectivity index (χ4n) is 3.34. The van der Waals surface area contributed by atoms with Gasteiger partial charge in [-0.2, -0.15) is 0 Å². The summed E-state index contributed by atoms with van der Waals surface area (Å²) in [5.74, 6) is 0.993. The third kappa shape index (κ3) is 5.24. The number of anilines is 1. The topological polar surface area (TPSA) is 84.9 Å². The zero-order valence-electron chi connectivity index (χ0n) is 17.8. The molecule has 0 saturated heterocycles. The van der Waals surface area contributed by atoms with E-state index in [1.807, 2.05) is 26.0 Å². The van der Waals surface area contributed by atoms with Crippen LogP contribution in [-0.2, 0) is 14.8 Å². The molecule has 0 bridgehead atoms. The lowest BCUT2D eigenvalue weighted by Crippen LogP contribution is -2.32. The van der Waals surface area contributed by atoms with Gasteiger partial charge >= 0.3 is 0 Å². The number of carbonyl (C=O) groups is 1. The smallest absolute Gasteiger partial charge is 0.232 e. The van der Waals surface area contributed by atoms with Crippen molar-refractivity contribution in [1.29, 1.82) is 0 Å². The van der Waals surface area contributed by atoms with E-state index in [9.17, 15) is 13.2 Å². The molecule has 2 aromatic carbocycles. The van der Waals surface area contributed by atoms with Crippen molar-refractivity contribution in [3.05, 3.63) is 53.1 Å². The zero-order valence-corrected chi connectivity index (χ0v) is 18.6. The minimum atomic E-state index is -3.50. The number of fused-ring (bicyclic) bond motifs is 1. The monoisotopic (exact) mass is 432 g/mol. The van der Waals surface area contributed by atoms with E-state index in [0.717, 1.165) is 11.8 Å². The molecule has 1 aliphatic heterocycles. The predicted molar refractivity (Wildman–Crippen MR) is 116 cm³/mol. The highest BCUT2D eigenvalue weighted by Gasteiger charge is 2.21. The Labute approximate surface area is 178 Å². The van der Waals surface area contributed by atoms with Crippen LogP contribution in [0.15, 0.2) is 36.4 Å². The Kier molecular flexibility index (Phi) is 6.55. The van der Waals surface area contributed by atoms with Crippen LogP contribution < -0.4 is 19.1 Å². The Hall–Kier alpha value is -2.74. The summed E-state index contributed by atoms with van der Waals surface area (Å²) in [6.45, 7) is 6.36. The first-order chi connectivity index (χ1) is 14.1. The number of aryl methyl sites for hydroxylation is 2. The Morgan fingerprint density at radius 1 is 1.10 bits per heavy atom. The third-order valence-electron chi connectivity index (χ3n) is 5.22. The number of nitrogens with zero attached hydrogens (tertiary/aromatic N) is 1. The van der Waals surface area contributed by atoms with Gasteiger partial charge in [-0.1, -0.05) is 18.2 Å². The molecule has 1 N–H and O–H groups in total. The van der Waals surface area contributed by atoms with E-state index in [1.54, 1.807) is 18.2 Å². The summed E-state index contributed by atoms with van der Waals surface area (Å²) in [5.41, 5.74) is 3.93. The van der Waals surface area contributed by atoms with Crippen molar-refractivity contribution < 1.29 is 22.7 Å². The SMILES string of the molecule is Cc1ccc(C(C)NC(=O)CCCN(c2ccc3c(c2)OCO3)S(C)(=O)=O)cc1C. The molecular formula is C22H28N2O5S. The van der Waals surface area contributed by atoms with E-state index in [-0.39, 0.29) is 31.7 Å². The van der Waals surface area contributed by atoms with Gasteiger partial charge in [0.2, 0.25) is 22.7 Å². The second kappa shape index (κ2) is 8.95. The van der Waals surface area contributed by atoms with Crippen molar-refractivity contribution in [3.8, 4) is 11.5 Å². The Balaban J connectivity index is 1.58. The van der Waals surface area contributed by atoms with Crippen molar-refractivity contribution in [1.82, 2.24) is 5.32 Å². The van der Waals surface area contributed by atoms with Crippen LogP contribution >= 0.6 is 0 Å². The summed E-state index contributed by atoms with van der Waals surface area (Å²) in [7, 11) is -3.50. The molecule has 0 saturated carbocycles. The maximum atomic E-state index is 12.4. The van der Waals surface area contributed by atoms with E-state index in [1.165, 1.54) is 15.4 Å². The number of amides is 1. The van der Waals surface area contributed by atoms with Gasteiger partial charge in [-0.25, -0.2) is 8.42 Å². The van der Waals surface area contributed by atoms with Crippen LogP contribution in [0.5, 0.6) is 11.5 Å². The van der Waals surface area contributed by atoms with Gasteiger partial charge in [0, 0.05) is 19.0 Å². The molecule has 8 heteroatoms. The van der Waals surface area contributed by atoms with Crippen LogP contribution in [0.2, 0.25) is 0 Å². The van der Waals surface area contributed by atoms with Crippen LogP contribution in [0, 0.1) is 13.8 Å². The van der Waals surface area contributed by atoms with Gasteiger partial charge in [0.25, 0.3) is 0 Å². The fraction of sp³-hybridized carbons (Fsp3) is 0.409. The normalized spacial score (nSPS) is 13.7. The van der Waals surface area contributed by atoms with Crippen molar-refractivity contribution >= 4 is 21.6 Å². The summed E-state index contributed by atoms with van der Waals surface area (Å²) in [4.78, 5) is 12.4. The average molecular weight is 433 g/mol. The molecular weight excluding hydrogens is 404 g/mol. The van der Waals surface area contributed by atoms with Gasteiger partial charge in [-0.05, 0) is 56.0 Å². The first-order valence-electron chi connectivity index (χ1n) is 9.89. The fourth-order valence-corrected chi connectivity index (χ4v) is 4.30. The van der Waals surface area contributed by atoms with E-state index in [4.69, 9.17) is 9.47 Å². The van der Waals surface area contributed by atoms with E-state index in [0.29, 0.717) is 23.6 Å². The number of ether oxygens (including phenoxy) is 2. The minimum Gasteiger partial charge on any atom is -0.454 e. The number of nitrogens with one attached hydrogen (secondary N) is 1. The Morgan fingerprint density at radius 3 is 2.53 bits per heavy atom. The molecule has 7 nitrogen and oxygen atoms in total. The minimum absolute atomic E-state index is 0.111. The van der Waals surface area contributed by atoms with E-state index >= 15 is 0 Å². The number of hydrogen-bond acceptors (Lipinski definition) is 5. The van der Waals surface area contributed by atoms with Gasteiger partial charge < -0.3 is 14.8 Å². The maximum absolute atomic E-state index is 12.4. The molecule has 162 valence electrons. The number of benzene rings is 2. The van der Waals surface area contributed by atoms with Crippen LogP contribution in [0.25, 0.3) is 0 Å².